The van der Waals surface area contributed by atoms with Gasteiger partial charge in [0.2, 0.25) is 17.4 Å². The maximum atomic E-state index is 14.2. The van der Waals surface area contributed by atoms with E-state index in [1.807, 2.05) is 0 Å². The number of amides is 2. The molecular weight excluding hydrogens is 616 g/mol. The van der Waals surface area contributed by atoms with E-state index in [0.29, 0.717) is 19.3 Å². The van der Waals surface area contributed by atoms with Gasteiger partial charge < -0.3 is 34.4 Å². The smallest absolute Gasteiger partial charge is 0.481 e. The molecule has 2 N–H and O–H groups in total. The van der Waals surface area contributed by atoms with Gasteiger partial charge in [-0.15, -0.1) is 5.06 Å². The van der Waals surface area contributed by atoms with Crippen molar-refractivity contribution in [2.75, 3.05) is 39.4 Å². The van der Waals surface area contributed by atoms with Crippen LogP contribution >= 0.6 is 0 Å². The second-order valence-electron chi connectivity index (χ2n) is 10.5. The number of hydroxylamine groups is 2. The monoisotopic (exact) mass is 651 g/mol. The van der Waals surface area contributed by atoms with Crippen molar-refractivity contribution in [1.82, 2.24) is 25.1 Å². The molecule has 250 valence electrons. The minimum Gasteiger partial charge on any atom is -0.481 e. The number of benzene rings is 1. The first-order chi connectivity index (χ1) is 22.0. The van der Waals surface area contributed by atoms with Gasteiger partial charge in [0.15, 0.2) is 17.3 Å². The van der Waals surface area contributed by atoms with Crippen LogP contribution < -0.4 is 10.1 Å². The predicted octanol–water partition coefficient (Wildman–Crippen LogP) is 2.21. The fourth-order valence-corrected chi connectivity index (χ4v) is 4.89. The Labute approximate surface area is 262 Å². The highest BCUT2D eigenvalue weighted by Crippen LogP contribution is 2.39. The van der Waals surface area contributed by atoms with Gasteiger partial charge in [0.05, 0.1) is 32.0 Å². The SMILES string of the molecule is CCOC(=O)ON1CCN(C(=O)[C@H](CCC(=O)O)NC(=O)c2cc(OC3(C(=O)OCC)CCC3)n(-c3ccc(F)c(F)c3)n2)CC1. The summed E-state index contributed by atoms with van der Waals surface area (Å²) in [5, 5.41) is 17.3. The van der Waals surface area contributed by atoms with Crippen molar-refractivity contribution in [3.63, 3.8) is 0 Å². The lowest BCUT2D eigenvalue weighted by Gasteiger charge is -2.38. The van der Waals surface area contributed by atoms with Crippen molar-refractivity contribution in [3.8, 4) is 11.6 Å². The summed E-state index contributed by atoms with van der Waals surface area (Å²) in [7, 11) is 0. The maximum absolute atomic E-state index is 14.2. The standard InChI is InChI=1S/C29H35F2N5O10/c1-3-43-27(41)29(10-5-11-29)45-23-17-22(33-36(23)18-6-7-19(30)20(31)16-18)25(39)32-21(8-9-24(37)38)26(40)34-12-14-35(15-13-34)46-28(42)44-4-2/h6-7,16-17,21H,3-5,8-15H2,1-2H3,(H,32,39)(H,37,38)/t21-/m0/s1. The van der Waals surface area contributed by atoms with Crippen LogP contribution in [0.15, 0.2) is 24.3 Å². The van der Waals surface area contributed by atoms with E-state index in [1.54, 1.807) is 13.8 Å². The number of nitrogens with one attached hydrogen (secondary N) is 1. The number of hydrogen-bond acceptors (Lipinski definition) is 11. The second kappa shape index (κ2) is 15.0. The summed E-state index contributed by atoms with van der Waals surface area (Å²) in [6.07, 6.45) is -0.311. The number of hydrogen-bond donors (Lipinski definition) is 2. The normalized spacial score (nSPS) is 16.5. The van der Waals surface area contributed by atoms with Gasteiger partial charge in [0.1, 0.15) is 6.04 Å². The van der Waals surface area contributed by atoms with E-state index in [4.69, 9.17) is 19.0 Å². The molecule has 15 nitrogen and oxygen atoms in total. The Hall–Kier alpha value is -4.80. The van der Waals surface area contributed by atoms with Crippen LogP contribution in [0.4, 0.5) is 13.6 Å². The molecule has 1 saturated carbocycles. The number of halogens is 2. The fraction of sp³-hybridized carbons (Fsp3) is 0.517. The molecule has 17 heteroatoms. The Kier molecular flexibility index (Phi) is 11.1. The number of aromatic nitrogens is 2. The third-order valence-corrected chi connectivity index (χ3v) is 7.43. The summed E-state index contributed by atoms with van der Waals surface area (Å²) in [4.78, 5) is 69.0. The Morgan fingerprint density at radius 3 is 2.28 bits per heavy atom. The number of piperazine rings is 1. The highest BCUT2D eigenvalue weighted by atomic mass is 19.2. The molecule has 46 heavy (non-hydrogen) atoms. The van der Waals surface area contributed by atoms with Gasteiger partial charge in [0, 0.05) is 31.6 Å². The molecule has 1 aromatic carbocycles. The first-order valence-electron chi connectivity index (χ1n) is 14.8. The van der Waals surface area contributed by atoms with Crippen molar-refractivity contribution >= 4 is 29.9 Å². The molecule has 1 saturated heterocycles. The van der Waals surface area contributed by atoms with Gasteiger partial charge in [-0.1, -0.05) is 0 Å². The van der Waals surface area contributed by atoms with Gasteiger partial charge >= 0.3 is 18.1 Å². The van der Waals surface area contributed by atoms with E-state index < -0.39 is 59.6 Å². The summed E-state index contributed by atoms with van der Waals surface area (Å²) >= 11 is 0. The number of carbonyl (C=O) groups excluding carboxylic acids is 4. The van der Waals surface area contributed by atoms with E-state index in [1.165, 1.54) is 22.1 Å². The molecule has 4 rings (SSSR count). The van der Waals surface area contributed by atoms with Crippen LogP contribution in [0.5, 0.6) is 5.88 Å². The van der Waals surface area contributed by atoms with E-state index in [0.717, 1.165) is 16.8 Å². The number of rotatable bonds is 13. The van der Waals surface area contributed by atoms with Crippen molar-refractivity contribution in [2.24, 2.45) is 0 Å². The third kappa shape index (κ3) is 8.07. The Balaban J connectivity index is 1.56. The van der Waals surface area contributed by atoms with E-state index in [2.05, 4.69) is 10.4 Å². The van der Waals surface area contributed by atoms with E-state index >= 15 is 0 Å². The highest BCUT2D eigenvalue weighted by molar-refractivity contribution is 5.96. The molecule has 0 bridgehead atoms. The number of nitrogens with zero attached hydrogens (tertiary/aromatic N) is 4. The van der Waals surface area contributed by atoms with Crippen LogP contribution in [0.3, 0.4) is 0 Å². The average molecular weight is 652 g/mol. The number of ether oxygens (including phenoxy) is 3. The molecule has 1 aromatic heterocycles. The highest BCUT2D eigenvalue weighted by Gasteiger charge is 2.49. The van der Waals surface area contributed by atoms with Crippen LogP contribution in [0.2, 0.25) is 0 Å². The lowest BCUT2D eigenvalue weighted by Crippen LogP contribution is -2.55. The van der Waals surface area contributed by atoms with Crippen LogP contribution in [0.1, 0.15) is 56.4 Å². The summed E-state index contributed by atoms with van der Waals surface area (Å²) in [5.41, 5.74) is -1.70. The van der Waals surface area contributed by atoms with Crippen LogP contribution in [-0.2, 0) is 28.7 Å². The molecule has 2 heterocycles. The molecule has 0 unspecified atom stereocenters. The summed E-state index contributed by atoms with van der Waals surface area (Å²) in [6, 6.07) is 2.79. The van der Waals surface area contributed by atoms with Crippen molar-refractivity contribution in [1.29, 1.82) is 0 Å². The largest absolute Gasteiger partial charge is 0.527 e. The first-order valence-corrected chi connectivity index (χ1v) is 14.8. The minimum atomic E-state index is -1.38. The summed E-state index contributed by atoms with van der Waals surface area (Å²) in [6.45, 7) is 3.99. The topological polar surface area (TPSA) is 179 Å². The number of aliphatic carboxylic acids is 1. The Bertz CT molecular complexity index is 1460. The van der Waals surface area contributed by atoms with Crippen molar-refractivity contribution in [2.45, 2.75) is 57.6 Å². The molecule has 2 aromatic rings. The number of esters is 1. The van der Waals surface area contributed by atoms with Gasteiger partial charge in [-0.05, 0) is 51.7 Å². The molecule has 0 radical (unpaired) electrons. The lowest BCUT2D eigenvalue weighted by molar-refractivity contribution is -0.170. The zero-order valence-electron chi connectivity index (χ0n) is 25.3. The van der Waals surface area contributed by atoms with Crippen molar-refractivity contribution in [3.05, 3.63) is 41.6 Å². The lowest BCUT2D eigenvalue weighted by atomic mass is 9.80. The van der Waals surface area contributed by atoms with Crippen LogP contribution in [0.25, 0.3) is 5.69 Å². The molecule has 1 aliphatic heterocycles. The Morgan fingerprint density at radius 2 is 1.70 bits per heavy atom. The van der Waals surface area contributed by atoms with Gasteiger partial charge in [-0.2, -0.15) is 5.10 Å². The van der Waals surface area contributed by atoms with Crippen molar-refractivity contribution < 1.29 is 56.9 Å². The molecule has 2 fully saturated rings. The van der Waals surface area contributed by atoms with E-state index in [9.17, 15) is 37.9 Å². The molecule has 1 aliphatic carbocycles. The van der Waals surface area contributed by atoms with Crippen LogP contribution in [-0.4, -0.2) is 106 Å². The Morgan fingerprint density at radius 1 is 1.00 bits per heavy atom. The number of carbonyl (C=O) groups is 5. The fourth-order valence-electron chi connectivity index (χ4n) is 4.89. The molecule has 2 amide bonds. The zero-order valence-corrected chi connectivity index (χ0v) is 25.3. The number of carboxylic acid groups (broad SMARTS) is 1. The van der Waals surface area contributed by atoms with Gasteiger partial charge in [-0.3, -0.25) is 14.4 Å². The van der Waals surface area contributed by atoms with Gasteiger partial charge in [0.25, 0.3) is 5.91 Å². The van der Waals surface area contributed by atoms with Gasteiger partial charge in [-0.25, -0.2) is 23.1 Å². The van der Waals surface area contributed by atoms with E-state index in [-0.39, 0.29) is 63.1 Å². The maximum Gasteiger partial charge on any atom is 0.527 e. The average Bonchev–Trinajstić information content (AvgIpc) is 3.42. The predicted molar refractivity (Wildman–Crippen MR) is 152 cm³/mol. The molecule has 1 atom stereocenters. The summed E-state index contributed by atoms with van der Waals surface area (Å²) in [5.74, 6) is -5.74. The zero-order chi connectivity index (χ0) is 33.4. The molecule has 2 aliphatic rings. The first kappa shape index (κ1) is 34.1. The minimum absolute atomic E-state index is 0.0207. The quantitative estimate of drug-likeness (QED) is 0.302. The molecule has 0 spiro atoms. The summed E-state index contributed by atoms with van der Waals surface area (Å²) < 4.78 is 44.9. The third-order valence-electron chi connectivity index (χ3n) is 7.43. The van der Waals surface area contributed by atoms with Crippen LogP contribution in [0, 0.1) is 11.6 Å². The number of carboxylic acids is 1. The molecular formula is C29H35F2N5O10. The second-order valence-corrected chi connectivity index (χ2v) is 10.5.